The first-order chi connectivity index (χ1) is 10.4. The van der Waals surface area contributed by atoms with Gasteiger partial charge in [-0.15, -0.1) is 0 Å². The SMILES string of the molecule is CCC[C@@]1(CO)CN(C(=O)c2ccc(C)cc2F)CC[C@H]1O. The fraction of sp³-hybridized carbons (Fsp3) is 0.588. The van der Waals surface area contributed by atoms with Gasteiger partial charge in [-0.3, -0.25) is 4.79 Å². The summed E-state index contributed by atoms with van der Waals surface area (Å²) in [4.78, 5) is 14.1. The van der Waals surface area contributed by atoms with Gasteiger partial charge < -0.3 is 15.1 Å². The number of piperidine rings is 1. The van der Waals surface area contributed by atoms with Crippen molar-refractivity contribution in [1.82, 2.24) is 4.90 Å². The van der Waals surface area contributed by atoms with E-state index in [1.54, 1.807) is 17.9 Å². The van der Waals surface area contributed by atoms with E-state index < -0.39 is 17.3 Å². The topological polar surface area (TPSA) is 60.8 Å². The molecule has 5 heteroatoms. The number of benzene rings is 1. The van der Waals surface area contributed by atoms with Gasteiger partial charge in [-0.25, -0.2) is 4.39 Å². The third kappa shape index (κ3) is 3.15. The molecule has 122 valence electrons. The maximum Gasteiger partial charge on any atom is 0.256 e. The van der Waals surface area contributed by atoms with Crippen molar-refractivity contribution >= 4 is 5.91 Å². The molecule has 2 rings (SSSR count). The van der Waals surface area contributed by atoms with E-state index in [4.69, 9.17) is 0 Å². The van der Waals surface area contributed by atoms with E-state index in [-0.39, 0.29) is 24.6 Å². The second kappa shape index (κ2) is 6.75. The molecule has 0 bridgehead atoms. The van der Waals surface area contributed by atoms with Gasteiger partial charge in [0.25, 0.3) is 5.91 Å². The maximum absolute atomic E-state index is 14.0. The van der Waals surface area contributed by atoms with Gasteiger partial charge >= 0.3 is 0 Å². The van der Waals surface area contributed by atoms with Crippen molar-refractivity contribution in [2.45, 2.75) is 39.2 Å². The van der Waals surface area contributed by atoms with Gasteiger partial charge in [0.05, 0.1) is 18.3 Å². The van der Waals surface area contributed by atoms with Gasteiger partial charge in [-0.1, -0.05) is 19.4 Å². The van der Waals surface area contributed by atoms with Gasteiger partial charge in [0.15, 0.2) is 0 Å². The fourth-order valence-electron chi connectivity index (χ4n) is 3.26. The van der Waals surface area contributed by atoms with Crippen LogP contribution in [-0.4, -0.2) is 46.8 Å². The lowest BCUT2D eigenvalue weighted by molar-refractivity contribution is -0.0720. The largest absolute Gasteiger partial charge is 0.396 e. The van der Waals surface area contributed by atoms with Crippen LogP contribution in [0.15, 0.2) is 18.2 Å². The molecular formula is C17H24FNO3. The molecule has 1 saturated heterocycles. The number of hydrogen-bond donors (Lipinski definition) is 2. The second-order valence-corrected chi connectivity index (χ2v) is 6.28. The molecule has 1 fully saturated rings. The molecule has 1 aromatic rings. The third-order valence-corrected chi connectivity index (χ3v) is 4.59. The van der Waals surface area contributed by atoms with E-state index in [0.29, 0.717) is 19.4 Å². The van der Waals surface area contributed by atoms with Crippen LogP contribution >= 0.6 is 0 Å². The number of likely N-dealkylation sites (tertiary alicyclic amines) is 1. The Balaban J connectivity index is 2.23. The lowest BCUT2D eigenvalue weighted by Crippen LogP contribution is -2.55. The summed E-state index contributed by atoms with van der Waals surface area (Å²) >= 11 is 0. The zero-order valence-electron chi connectivity index (χ0n) is 13.2. The van der Waals surface area contributed by atoms with Crippen molar-refractivity contribution in [2.75, 3.05) is 19.7 Å². The second-order valence-electron chi connectivity index (χ2n) is 6.28. The first-order valence-corrected chi connectivity index (χ1v) is 7.78. The number of halogens is 1. The predicted molar refractivity (Wildman–Crippen MR) is 82.1 cm³/mol. The standard InChI is InChI=1S/C17H24FNO3/c1-3-7-17(11-20)10-19(8-6-15(17)21)16(22)13-5-4-12(2)9-14(13)18/h4-5,9,15,20-21H,3,6-8,10-11H2,1-2H3/t15-,17+/m1/s1. The quantitative estimate of drug-likeness (QED) is 0.895. The minimum atomic E-state index is -0.705. The zero-order chi connectivity index (χ0) is 16.3. The van der Waals surface area contributed by atoms with Crippen LogP contribution in [0, 0.1) is 18.2 Å². The number of aryl methyl sites for hydroxylation is 1. The number of nitrogens with zero attached hydrogens (tertiary/aromatic N) is 1. The van der Waals surface area contributed by atoms with Gasteiger partial charge in [-0.05, 0) is 37.5 Å². The smallest absolute Gasteiger partial charge is 0.256 e. The number of carbonyl (C=O) groups excluding carboxylic acids is 1. The Kier molecular flexibility index (Phi) is 5.19. The molecule has 0 saturated carbocycles. The van der Waals surface area contributed by atoms with Crippen molar-refractivity contribution < 1.29 is 19.4 Å². The van der Waals surface area contributed by atoms with Crippen LogP contribution in [-0.2, 0) is 0 Å². The highest BCUT2D eigenvalue weighted by atomic mass is 19.1. The van der Waals surface area contributed by atoms with Crippen molar-refractivity contribution in [3.63, 3.8) is 0 Å². The highest BCUT2D eigenvalue weighted by molar-refractivity contribution is 5.94. The molecular weight excluding hydrogens is 285 g/mol. The molecule has 0 spiro atoms. The number of hydrogen-bond acceptors (Lipinski definition) is 3. The maximum atomic E-state index is 14.0. The average Bonchev–Trinajstić information content (AvgIpc) is 2.49. The van der Waals surface area contributed by atoms with Crippen LogP contribution in [0.5, 0.6) is 0 Å². The Hall–Kier alpha value is -1.46. The first-order valence-electron chi connectivity index (χ1n) is 7.78. The summed E-state index contributed by atoms with van der Waals surface area (Å²) in [6.07, 6.45) is 1.20. The number of carbonyl (C=O) groups is 1. The molecule has 1 aliphatic rings. The van der Waals surface area contributed by atoms with Crippen LogP contribution in [0.25, 0.3) is 0 Å². The molecule has 2 atom stereocenters. The highest BCUT2D eigenvalue weighted by Gasteiger charge is 2.43. The van der Waals surface area contributed by atoms with Gasteiger partial charge in [0, 0.05) is 18.5 Å². The summed E-state index contributed by atoms with van der Waals surface area (Å²) in [5.74, 6) is -0.903. The molecule has 2 N–H and O–H groups in total. The fourth-order valence-corrected chi connectivity index (χ4v) is 3.26. The molecule has 0 aromatic heterocycles. The van der Waals surface area contributed by atoms with E-state index in [1.807, 2.05) is 6.92 Å². The van der Waals surface area contributed by atoms with Crippen molar-refractivity contribution in [3.8, 4) is 0 Å². The van der Waals surface area contributed by atoms with Crippen LogP contribution < -0.4 is 0 Å². The van der Waals surface area contributed by atoms with Crippen molar-refractivity contribution in [3.05, 3.63) is 35.1 Å². The zero-order valence-corrected chi connectivity index (χ0v) is 13.2. The molecule has 0 unspecified atom stereocenters. The molecule has 1 aliphatic heterocycles. The molecule has 0 aliphatic carbocycles. The molecule has 1 aromatic carbocycles. The van der Waals surface area contributed by atoms with Crippen LogP contribution in [0.3, 0.4) is 0 Å². The van der Waals surface area contributed by atoms with Crippen molar-refractivity contribution in [2.24, 2.45) is 5.41 Å². The van der Waals surface area contributed by atoms with Crippen molar-refractivity contribution in [1.29, 1.82) is 0 Å². The lowest BCUT2D eigenvalue weighted by Gasteiger charge is -2.45. The number of amides is 1. The van der Waals surface area contributed by atoms with E-state index in [9.17, 15) is 19.4 Å². The summed E-state index contributed by atoms with van der Waals surface area (Å²) in [5, 5.41) is 20.0. The van der Waals surface area contributed by atoms with E-state index in [0.717, 1.165) is 12.0 Å². The minimum absolute atomic E-state index is 0.0466. The summed E-state index contributed by atoms with van der Waals surface area (Å²) in [7, 11) is 0. The summed E-state index contributed by atoms with van der Waals surface area (Å²) in [6.45, 7) is 4.20. The molecule has 4 nitrogen and oxygen atoms in total. The highest BCUT2D eigenvalue weighted by Crippen LogP contribution is 2.35. The average molecular weight is 309 g/mol. The summed E-state index contributed by atoms with van der Waals surface area (Å²) < 4.78 is 14.0. The number of rotatable bonds is 4. The van der Waals surface area contributed by atoms with Crippen LogP contribution in [0.2, 0.25) is 0 Å². The Morgan fingerprint density at radius 1 is 1.50 bits per heavy atom. The Labute approximate surface area is 130 Å². The van der Waals surface area contributed by atoms with E-state index in [2.05, 4.69) is 0 Å². The Morgan fingerprint density at radius 3 is 2.82 bits per heavy atom. The van der Waals surface area contributed by atoms with Gasteiger partial charge in [0.1, 0.15) is 5.82 Å². The van der Waals surface area contributed by atoms with Gasteiger partial charge in [0.2, 0.25) is 0 Å². The third-order valence-electron chi connectivity index (χ3n) is 4.59. The monoisotopic (exact) mass is 309 g/mol. The Morgan fingerprint density at radius 2 is 2.23 bits per heavy atom. The normalized spacial score (nSPS) is 25.3. The van der Waals surface area contributed by atoms with Gasteiger partial charge in [-0.2, -0.15) is 0 Å². The Bertz CT molecular complexity index is 549. The molecule has 1 heterocycles. The molecule has 22 heavy (non-hydrogen) atoms. The number of aliphatic hydroxyl groups is 2. The summed E-state index contributed by atoms with van der Waals surface area (Å²) in [6, 6.07) is 4.55. The van der Waals surface area contributed by atoms with E-state index in [1.165, 1.54) is 12.1 Å². The first kappa shape index (κ1) is 16.9. The lowest BCUT2D eigenvalue weighted by atomic mass is 9.74. The summed E-state index contributed by atoms with van der Waals surface area (Å²) in [5.41, 5.74) is 0.105. The minimum Gasteiger partial charge on any atom is -0.396 e. The van der Waals surface area contributed by atoms with E-state index >= 15 is 0 Å². The van der Waals surface area contributed by atoms with Crippen LogP contribution in [0.4, 0.5) is 4.39 Å². The predicted octanol–water partition coefficient (Wildman–Crippen LogP) is 2.12. The van der Waals surface area contributed by atoms with Crippen LogP contribution in [0.1, 0.15) is 42.1 Å². The number of aliphatic hydroxyl groups excluding tert-OH is 2. The molecule has 0 radical (unpaired) electrons. The molecule has 1 amide bonds.